The monoisotopic (exact) mass is 587 g/mol. The van der Waals surface area contributed by atoms with Crippen molar-refractivity contribution in [3.8, 4) is 5.69 Å². The topological polar surface area (TPSA) is 117 Å². The average Bonchev–Trinajstić information content (AvgIpc) is 3.53. The highest BCUT2D eigenvalue weighted by atomic mass is 35.5. The molecular formula is C28H31ClFN5O4S. The van der Waals surface area contributed by atoms with E-state index < -0.39 is 16.1 Å². The van der Waals surface area contributed by atoms with Crippen LogP contribution in [-0.4, -0.2) is 60.4 Å². The fourth-order valence-electron chi connectivity index (χ4n) is 5.86. The number of benzene rings is 2. The van der Waals surface area contributed by atoms with Crippen LogP contribution in [0.3, 0.4) is 0 Å². The van der Waals surface area contributed by atoms with Crippen molar-refractivity contribution in [1.82, 2.24) is 19.4 Å². The van der Waals surface area contributed by atoms with E-state index >= 15 is 0 Å². The molecule has 3 N–H and O–H groups in total. The molecule has 2 amide bonds. The summed E-state index contributed by atoms with van der Waals surface area (Å²) in [4.78, 5) is 11.5. The number of fused-ring (bicyclic) bond motifs is 1. The minimum atomic E-state index is -4.04. The van der Waals surface area contributed by atoms with Gasteiger partial charge in [-0.25, -0.2) is 22.3 Å². The van der Waals surface area contributed by atoms with Gasteiger partial charge in [0.1, 0.15) is 10.7 Å². The van der Waals surface area contributed by atoms with Crippen LogP contribution in [0.2, 0.25) is 5.02 Å². The maximum atomic E-state index is 13.7. The Morgan fingerprint density at radius 2 is 2.00 bits per heavy atom. The Bertz CT molecular complexity index is 1570. The number of carbonyl (C=O) groups is 1. The number of hydrogen-bond donors (Lipinski definition) is 3. The molecule has 212 valence electrons. The first-order chi connectivity index (χ1) is 19.1. The third kappa shape index (κ3) is 5.26. The Hall–Kier alpha value is -3.25. The van der Waals surface area contributed by atoms with Gasteiger partial charge < -0.3 is 15.7 Å². The molecule has 0 aliphatic heterocycles. The third-order valence-corrected chi connectivity index (χ3v) is 10.1. The SMILES string of the molecule is CNC(=O)Nc1ccc(S(=O)(=O)N(CCO)C[C@H]2CCC3=C2[C@@H](C)c2cnn(-c4ccc(F)cc4)c2C3)c(Cl)c1. The van der Waals surface area contributed by atoms with Crippen LogP contribution >= 0.6 is 11.6 Å². The molecule has 1 heterocycles. The van der Waals surface area contributed by atoms with Gasteiger partial charge in [-0.1, -0.05) is 29.7 Å². The van der Waals surface area contributed by atoms with E-state index in [0.29, 0.717) is 12.1 Å². The summed E-state index contributed by atoms with van der Waals surface area (Å²) >= 11 is 6.37. The summed E-state index contributed by atoms with van der Waals surface area (Å²) in [6, 6.07) is 10.0. The Balaban J connectivity index is 1.40. The molecule has 3 aromatic rings. The number of sulfonamides is 1. The van der Waals surface area contributed by atoms with Crippen LogP contribution in [-0.2, 0) is 16.4 Å². The number of nitrogens with one attached hydrogen (secondary N) is 2. The highest BCUT2D eigenvalue weighted by molar-refractivity contribution is 7.89. The van der Waals surface area contributed by atoms with Gasteiger partial charge in [0.05, 0.1) is 29.2 Å². The van der Waals surface area contributed by atoms with E-state index in [4.69, 9.17) is 11.6 Å². The first kappa shape index (κ1) is 28.3. The molecule has 9 nitrogen and oxygen atoms in total. The molecule has 0 spiro atoms. The molecule has 2 aliphatic rings. The quantitative estimate of drug-likeness (QED) is 0.336. The lowest BCUT2D eigenvalue weighted by atomic mass is 9.80. The fourth-order valence-corrected chi connectivity index (χ4v) is 7.86. The number of hydrogen-bond acceptors (Lipinski definition) is 5. The number of anilines is 1. The van der Waals surface area contributed by atoms with E-state index in [1.54, 1.807) is 12.1 Å². The summed E-state index contributed by atoms with van der Waals surface area (Å²) in [5.41, 5.74) is 5.79. The molecular weight excluding hydrogens is 557 g/mol. The van der Waals surface area contributed by atoms with Gasteiger partial charge in [0.2, 0.25) is 10.0 Å². The number of urea groups is 1. The normalized spacial score (nSPS) is 18.6. The number of amides is 2. The molecule has 1 aromatic heterocycles. The minimum absolute atomic E-state index is 0.0212. The van der Waals surface area contributed by atoms with Gasteiger partial charge in [-0.05, 0) is 61.2 Å². The van der Waals surface area contributed by atoms with Crippen molar-refractivity contribution >= 4 is 33.3 Å². The molecule has 0 radical (unpaired) electrons. The van der Waals surface area contributed by atoms with E-state index in [1.807, 2.05) is 10.9 Å². The zero-order chi connectivity index (χ0) is 28.6. The maximum absolute atomic E-state index is 13.7. The van der Waals surface area contributed by atoms with Gasteiger partial charge in [0, 0.05) is 43.7 Å². The predicted octanol–water partition coefficient (Wildman–Crippen LogP) is 4.47. The van der Waals surface area contributed by atoms with E-state index in [-0.39, 0.29) is 47.3 Å². The number of carbonyl (C=O) groups excluding carboxylic acids is 1. The fraction of sp³-hybridized carbons (Fsp3) is 0.357. The molecule has 2 atom stereocenters. The largest absolute Gasteiger partial charge is 0.395 e. The summed E-state index contributed by atoms with van der Waals surface area (Å²) in [7, 11) is -2.57. The van der Waals surface area contributed by atoms with E-state index in [0.717, 1.165) is 29.8 Å². The summed E-state index contributed by atoms with van der Waals surface area (Å²) < 4.78 is 44.1. The lowest BCUT2D eigenvalue weighted by Crippen LogP contribution is -2.38. The third-order valence-electron chi connectivity index (χ3n) is 7.74. The number of nitrogens with zero attached hydrogens (tertiary/aromatic N) is 3. The molecule has 0 saturated heterocycles. The van der Waals surface area contributed by atoms with Crippen molar-refractivity contribution in [1.29, 1.82) is 0 Å². The molecule has 2 aromatic carbocycles. The maximum Gasteiger partial charge on any atom is 0.318 e. The molecule has 0 fully saturated rings. The first-order valence-electron chi connectivity index (χ1n) is 13.1. The summed E-state index contributed by atoms with van der Waals surface area (Å²) in [6.07, 6.45) is 4.18. The molecule has 40 heavy (non-hydrogen) atoms. The van der Waals surface area contributed by atoms with Crippen LogP contribution in [0.4, 0.5) is 14.9 Å². The van der Waals surface area contributed by atoms with Crippen molar-refractivity contribution < 1.29 is 22.7 Å². The van der Waals surface area contributed by atoms with Crippen molar-refractivity contribution in [2.75, 3.05) is 32.1 Å². The smallest absolute Gasteiger partial charge is 0.318 e. The number of aliphatic hydroxyl groups excluding tert-OH is 1. The molecule has 0 unspecified atom stereocenters. The van der Waals surface area contributed by atoms with Crippen LogP contribution < -0.4 is 10.6 Å². The number of aromatic nitrogens is 2. The summed E-state index contributed by atoms with van der Waals surface area (Å²) in [6.45, 7) is 1.92. The Kier molecular flexibility index (Phi) is 8.01. The van der Waals surface area contributed by atoms with Crippen molar-refractivity contribution in [2.24, 2.45) is 5.92 Å². The van der Waals surface area contributed by atoms with Crippen LogP contribution in [0.25, 0.3) is 5.69 Å². The Morgan fingerprint density at radius 1 is 1.25 bits per heavy atom. The predicted molar refractivity (Wildman–Crippen MR) is 151 cm³/mol. The van der Waals surface area contributed by atoms with Crippen LogP contribution in [0.15, 0.2) is 64.7 Å². The Labute approximate surface area is 237 Å². The summed E-state index contributed by atoms with van der Waals surface area (Å²) in [5.74, 6) is -0.290. The number of halogens is 2. The first-order valence-corrected chi connectivity index (χ1v) is 14.9. The number of allylic oxidation sites excluding steroid dienone is 1. The highest BCUT2D eigenvalue weighted by Gasteiger charge is 2.39. The molecule has 12 heteroatoms. The standard InChI is InChI=1S/C28H31ClFN5O4S/c1-17-23-15-32-35(22-8-5-20(30)6-9-22)25(23)13-18-3-4-19(27(17)18)16-34(11-12-36)40(38,39)26-10-7-21(14-24(26)29)33-28(37)31-2/h5-10,14-15,17,19,36H,3-4,11-13,16H2,1-2H3,(H2,31,33,37)/t17-,19+/m0/s1. The zero-order valence-electron chi connectivity index (χ0n) is 22.2. The zero-order valence-corrected chi connectivity index (χ0v) is 23.8. The van der Waals surface area contributed by atoms with E-state index in [9.17, 15) is 22.7 Å². The van der Waals surface area contributed by atoms with Gasteiger partial charge in [-0.3, -0.25) is 0 Å². The molecule has 2 aliphatic carbocycles. The van der Waals surface area contributed by atoms with Gasteiger partial charge in [0.25, 0.3) is 0 Å². The second-order valence-electron chi connectivity index (χ2n) is 10.1. The van der Waals surface area contributed by atoms with Gasteiger partial charge >= 0.3 is 6.03 Å². The van der Waals surface area contributed by atoms with Gasteiger partial charge in [-0.2, -0.15) is 9.40 Å². The van der Waals surface area contributed by atoms with Gasteiger partial charge in [-0.15, -0.1) is 0 Å². The number of aliphatic hydroxyl groups is 1. The van der Waals surface area contributed by atoms with Crippen molar-refractivity contribution in [2.45, 2.75) is 37.0 Å². The van der Waals surface area contributed by atoms with Crippen LogP contribution in [0, 0.1) is 11.7 Å². The van der Waals surface area contributed by atoms with Crippen LogP contribution in [0.1, 0.15) is 36.9 Å². The lowest BCUT2D eigenvalue weighted by molar-refractivity contribution is 0.243. The highest BCUT2D eigenvalue weighted by Crippen LogP contribution is 2.47. The molecule has 0 bridgehead atoms. The molecule has 0 saturated carbocycles. The van der Waals surface area contributed by atoms with Crippen molar-refractivity contribution in [3.05, 3.63) is 81.9 Å². The summed E-state index contributed by atoms with van der Waals surface area (Å²) in [5, 5.41) is 19.3. The Morgan fingerprint density at radius 3 is 2.67 bits per heavy atom. The second-order valence-corrected chi connectivity index (χ2v) is 12.4. The minimum Gasteiger partial charge on any atom is -0.395 e. The van der Waals surface area contributed by atoms with Gasteiger partial charge in [0.15, 0.2) is 0 Å². The van der Waals surface area contributed by atoms with Crippen LogP contribution in [0.5, 0.6) is 0 Å². The second kappa shape index (κ2) is 11.3. The van der Waals surface area contributed by atoms with E-state index in [2.05, 4.69) is 22.7 Å². The van der Waals surface area contributed by atoms with E-state index in [1.165, 1.54) is 52.8 Å². The van der Waals surface area contributed by atoms with Crippen molar-refractivity contribution in [3.63, 3.8) is 0 Å². The lowest BCUT2D eigenvalue weighted by Gasteiger charge is -2.30. The number of rotatable bonds is 8. The average molecular weight is 588 g/mol. The molecule has 5 rings (SSSR count).